The average Bonchev–Trinajstić information content (AvgIpc) is 2.52. The van der Waals surface area contributed by atoms with Gasteiger partial charge in [-0.15, -0.1) is 0 Å². The maximum absolute atomic E-state index is 11.7. The van der Waals surface area contributed by atoms with Crippen LogP contribution in [0.4, 0.5) is 0 Å². The molecule has 2 rings (SSSR count). The molecule has 8 nitrogen and oxygen atoms in total. The van der Waals surface area contributed by atoms with Gasteiger partial charge in [-0.2, -0.15) is 5.10 Å². The summed E-state index contributed by atoms with van der Waals surface area (Å²) in [5.74, 6) is 4.90. The van der Waals surface area contributed by atoms with E-state index in [1.54, 1.807) is 30.3 Å². The SMILES string of the molecule is N=C(N)c1c(-c2ccc(/C(N)=N/N)cc2)cccc1S(N)(=O)=O. The third-order valence-corrected chi connectivity index (χ3v) is 4.19. The number of sulfonamides is 1. The Bertz CT molecular complexity index is 888. The minimum absolute atomic E-state index is 0.0585. The number of hydrogen-bond donors (Lipinski definition) is 5. The van der Waals surface area contributed by atoms with Gasteiger partial charge >= 0.3 is 0 Å². The Morgan fingerprint density at radius 3 is 2.13 bits per heavy atom. The molecule has 0 aliphatic carbocycles. The van der Waals surface area contributed by atoms with E-state index in [1.807, 2.05) is 0 Å². The predicted octanol–water partition coefficient (Wildman–Crippen LogP) is -0.136. The van der Waals surface area contributed by atoms with Crippen LogP contribution in [-0.2, 0) is 10.0 Å². The maximum Gasteiger partial charge on any atom is 0.238 e. The Labute approximate surface area is 133 Å². The molecule has 23 heavy (non-hydrogen) atoms. The monoisotopic (exact) mass is 332 g/mol. The van der Waals surface area contributed by atoms with Crippen molar-refractivity contribution in [2.45, 2.75) is 4.90 Å². The van der Waals surface area contributed by atoms with Crippen LogP contribution in [0.1, 0.15) is 11.1 Å². The van der Waals surface area contributed by atoms with E-state index in [1.165, 1.54) is 12.1 Å². The van der Waals surface area contributed by atoms with Crippen LogP contribution in [0, 0.1) is 5.41 Å². The molecule has 0 unspecified atom stereocenters. The second-order valence-electron chi connectivity index (χ2n) is 4.73. The largest absolute Gasteiger partial charge is 0.384 e. The second kappa shape index (κ2) is 6.07. The number of nitrogens with two attached hydrogens (primary N) is 4. The molecule has 0 heterocycles. The van der Waals surface area contributed by atoms with Gasteiger partial charge in [0.15, 0.2) is 0 Å². The van der Waals surface area contributed by atoms with Gasteiger partial charge in [-0.3, -0.25) is 5.41 Å². The normalized spacial score (nSPS) is 12.1. The molecule has 0 atom stereocenters. The third-order valence-electron chi connectivity index (χ3n) is 3.23. The first-order valence-electron chi connectivity index (χ1n) is 6.40. The first-order chi connectivity index (χ1) is 10.8. The molecule has 0 bridgehead atoms. The number of primary sulfonamides is 1. The number of amidine groups is 2. The number of hydrogen-bond acceptors (Lipinski definition) is 5. The average molecular weight is 332 g/mol. The summed E-state index contributed by atoms with van der Waals surface area (Å²) in [6, 6.07) is 11.2. The van der Waals surface area contributed by atoms with E-state index in [4.69, 9.17) is 27.9 Å². The van der Waals surface area contributed by atoms with Crippen molar-refractivity contribution >= 4 is 21.7 Å². The van der Waals surface area contributed by atoms with E-state index in [0.717, 1.165) is 0 Å². The zero-order chi connectivity index (χ0) is 17.2. The van der Waals surface area contributed by atoms with Crippen LogP contribution in [0.3, 0.4) is 0 Å². The highest BCUT2D eigenvalue weighted by molar-refractivity contribution is 7.89. The molecule has 0 radical (unpaired) electrons. The smallest absolute Gasteiger partial charge is 0.238 e. The van der Waals surface area contributed by atoms with Gasteiger partial charge in [-0.25, -0.2) is 13.6 Å². The molecule has 0 amide bonds. The number of benzene rings is 2. The quantitative estimate of drug-likeness (QED) is 0.226. The van der Waals surface area contributed by atoms with E-state index in [-0.39, 0.29) is 16.3 Å². The Hall–Kier alpha value is -2.91. The van der Waals surface area contributed by atoms with Gasteiger partial charge in [0.05, 0.1) is 4.90 Å². The molecule has 0 saturated heterocycles. The van der Waals surface area contributed by atoms with E-state index >= 15 is 0 Å². The van der Waals surface area contributed by atoms with Crippen molar-refractivity contribution in [1.29, 1.82) is 5.41 Å². The molecule has 0 spiro atoms. The standard InChI is InChI=1S/C14H16N6O2S/c15-13(16)12-10(2-1-3-11(12)23(19,21)22)8-4-6-9(7-5-8)14(17)20-18/h1-7H,18H2,(H3,15,16)(H2,17,20)(H2,19,21,22). The molecule has 0 saturated carbocycles. The molecule has 2 aromatic carbocycles. The fraction of sp³-hybridized carbons (Fsp3) is 0. The molecule has 9 N–H and O–H groups in total. The number of nitrogens with one attached hydrogen (secondary N) is 1. The maximum atomic E-state index is 11.7. The summed E-state index contributed by atoms with van der Waals surface area (Å²) in [6.45, 7) is 0. The fourth-order valence-corrected chi connectivity index (χ4v) is 2.95. The van der Waals surface area contributed by atoms with E-state index in [9.17, 15) is 8.42 Å². The van der Waals surface area contributed by atoms with Crippen molar-refractivity contribution in [3.8, 4) is 11.1 Å². The molecular formula is C14H16N6O2S. The van der Waals surface area contributed by atoms with Crippen LogP contribution in [0.25, 0.3) is 11.1 Å². The first kappa shape index (κ1) is 16.5. The van der Waals surface area contributed by atoms with E-state index < -0.39 is 15.9 Å². The van der Waals surface area contributed by atoms with E-state index in [0.29, 0.717) is 16.7 Å². The van der Waals surface area contributed by atoms with Crippen molar-refractivity contribution in [1.82, 2.24) is 0 Å². The van der Waals surface area contributed by atoms with Crippen LogP contribution in [0.15, 0.2) is 52.5 Å². The van der Waals surface area contributed by atoms with Crippen LogP contribution in [-0.4, -0.2) is 20.1 Å². The van der Waals surface area contributed by atoms with Gasteiger partial charge in [0.2, 0.25) is 10.0 Å². The van der Waals surface area contributed by atoms with Crippen molar-refractivity contribution in [3.63, 3.8) is 0 Å². The third kappa shape index (κ3) is 3.30. The number of rotatable bonds is 4. The zero-order valence-electron chi connectivity index (χ0n) is 12.0. The molecule has 0 aliphatic rings. The van der Waals surface area contributed by atoms with Gasteiger partial charge in [0.25, 0.3) is 0 Å². The number of nitrogen functional groups attached to an aromatic ring is 1. The van der Waals surface area contributed by atoms with Crippen molar-refractivity contribution in [2.75, 3.05) is 0 Å². The first-order valence-corrected chi connectivity index (χ1v) is 7.94. The minimum atomic E-state index is -4.01. The molecule has 0 aliphatic heterocycles. The summed E-state index contributed by atoms with van der Waals surface area (Å²) in [5.41, 5.74) is 13.0. The summed E-state index contributed by atoms with van der Waals surface area (Å²) in [7, 11) is -4.01. The molecule has 120 valence electrons. The van der Waals surface area contributed by atoms with E-state index in [2.05, 4.69) is 5.10 Å². The topological polar surface area (TPSA) is 174 Å². The van der Waals surface area contributed by atoms with Crippen molar-refractivity contribution in [3.05, 3.63) is 53.6 Å². The number of nitrogens with zero attached hydrogens (tertiary/aromatic N) is 1. The van der Waals surface area contributed by atoms with Gasteiger partial charge in [0, 0.05) is 11.1 Å². The van der Waals surface area contributed by atoms with Crippen LogP contribution < -0.4 is 22.4 Å². The summed E-state index contributed by atoms with van der Waals surface area (Å²) < 4.78 is 23.4. The highest BCUT2D eigenvalue weighted by Gasteiger charge is 2.20. The van der Waals surface area contributed by atoms with Crippen LogP contribution >= 0.6 is 0 Å². The lowest BCUT2D eigenvalue weighted by molar-refractivity contribution is 0.597. The van der Waals surface area contributed by atoms with Crippen LogP contribution in [0.5, 0.6) is 0 Å². The lowest BCUT2D eigenvalue weighted by Crippen LogP contribution is -2.21. The zero-order valence-corrected chi connectivity index (χ0v) is 12.8. The second-order valence-corrected chi connectivity index (χ2v) is 6.26. The van der Waals surface area contributed by atoms with Crippen molar-refractivity contribution < 1.29 is 8.42 Å². The van der Waals surface area contributed by atoms with Gasteiger partial charge in [-0.05, 0) is 17.2 Å². The van der Waals surface area contributed by atoms with Gasteiger partial charge < -0.3 is 17.3 Å². The summed E-state index contributed by atoms with van der Waals surface area (Å²) in [5, 5.41) is 16.3. The van der Waals surface area contributed by atoms with Crippen LogP contribution in [0.2, 0.25) is 0 Å². The highest BCUT2D eigenvalue weighted by atomic mass is 32.2. The Balaban J connectivity index is 2.67. The lowest BCUT2D eigenvalue weighted by Gasteiger charge is -2.13. The molecule has 9 heteroatoms. The Morgan fingerprint density at radius 2 is 1.65 bits per heavy atom. The molecule has 0 aromatic heterocycles. The van der Waals surface area contributed by atoms with Crippen molar-refractivity contribution in [2.24, 2.45) is 27.6 Å². The Kier molecular flexibility index (Phi) is 4.34. The number of hydrazone groups is 1. The molecule has 2 aromatic rings. The summed E-state index contributed by atoms with van der Waals surface area (Å²) in [6.07, 6.45) is 0. The summed E-state index contributed by atoms with van der Waals surface area (Å²) in [4.78, 5) is -0.199. The summed E-state index contributed by atoms with van der Waals surface area (Å²) >= 11 is 0. The Morgan fingerprint density at radius 1 is 1.04 bits per heavy atom. The predicted molar refractivity (Wildman–Crippen MR) is 89.2 cm³/mol. The molecular weight excluding hydrogens is 316 g/mol. The lowest BCUT2D eigenvalue weighted by atomic mass is 9.98. The highest BCUT2D eigenvalue weighted by Crippen LogP contribution is 2.28. The van der Waals surface area contributed by atoms with Gasteiger partial charge in [-0.1, -0.05) is 36.4 Å². The molecule has 0 fully saturated rings. The van der Waals surface area contributed by atoms with Gasteiger partial charge in [0.1, 0.15) is 11.7 Å². The fourth-order valence-electron chi connectivity index (χ4n) is 2.18. The minimum Gasteiger partial charge on any atom is -0.384 e.